The molecule has 1 saturated heterocycles. The number of nitrogens with two attached hydrogens (primary N) is 1. The highest BCUT2D eigenvalue weighted by Crippen LogP contribution is 2.18. The molecule has 25 heavy (non-hydrogen) atoms. The van der Waals surface area contributed by atoms with Crippen LogP contribution in [-0.2, 0) is 9.59 Å². The number of rotatable bonds is 8. The second-order valence-corrected chi connectivity index (χ2v) is 6.16. The third-order valence-electron chi connectivity index (χ3n) is 4.21. The molecule has 0 radical (unpaired) electrons. The van der Waals surface area contributed by atoms with E-state index in [2.05, 4.69) is 5.32 Å². The monoisotopic (exact) mass is 351 g/mol. The SMILES string of the molecule is NCCNC(=O)C1CCCN(C(=O)CCCOc2ccc(F)cc2)C1. The Balaban J connectivity index is 1.69. The summed E-state index contributed by atoms with van der Waals surface area (Å²) >= 11 is 0. The molecule has 0 aromatic heterocycles. The van der Waals surface area contributed by atoms with E-state index >= 15 is 0 Å². The third kappa shape index (κ3) is 6.34. The number of piperidine rings is 1. The molecule has 1 unspecified atom stereocenters. The van der Waals surface area contributed by atoms with Crippen molar-refractivity contribution in [3.05, 3.63) is 30.1 Å². The van der Waals surface area contributed by atoms with E-state index in [1.165, 1.54) is 12.1 Å². The number of hydrogen-bond donors (Lipinski definition) is 2. The minimum absolute atomic E-state index is 0.0254. The summed E-state index contributed by atoms with van der Waals surface area (Å²) in [4.78, 5) is 26.1. The first-order valence-electron chi connectivity index (χ1n) is 8.74. The van der Waals surface area contributed by atoms with E-state index in [9.17, 15) is 14.0 Å². The number of amides is 2. The van der Waals surface area contributed by atoms with Crippen LogP contribution >= 0.6 is 0 Å². The Labute approximate surface area is 147 Å². The molecule has 1 fully saturated rings. The summed E-state index contributed by atoms with van der Waals surface area (Å²) in [7, 11) is 0. The molecule has 3 N–H and O–H groups in total. The Kier molecular flexibility index (Phi) is 7.66. The number of ether oxygens (including phenoxy) is 1. The van der Waals surface area contributed by atoms with E-state index in [1.807, 2.05) is 0 Å². The van der Waals surface area contributed by atoms with Gasteiger partial charge in [-0.05, 0) is 43.5 Å². The standard InChI is InChI=1S/C18H26FN3O3/c19-15-5-7-16(8-6-15)25-12-2-4-17(23)22-11-1-3-14(13-22)18(24)21-10-9-20/h5-8,14H,1-4,9-13,20H2,(H,21,24). The minimum atomic E-state index is -0.308. The lowest BCUT2D eigenvalue weighted by atomic mass is 9.96. The first-order valence-corrected chi connectivity index (χ1v) is 8.74. The maximum Gasteiger partial charge on any atom is 0.224 e. The van der Waals surface area contributed by atoms with Gasteiger partial charge in [0.1, 0.15) is 11.6 Å². The molecular formula is C18H26FN3O3. The van der Waals surface area contributed by atoms with Crippen molar-refractivity contribution < 1.29 is 18.7 Å². The number of hydrogen-bond acceptors (Lipinski definition) is 4. The molecule has 1 aromatic carbocycles. The van der Waals surface area contributed by atoms with Gasteiger partial charge in [0, 0.05) is 32.6 Å². The molecular weight excluding hydrogens is 325 g/mol. The molecule has 0 bridgehead atoms. The van der Waals surface area contributed by atoms with Crippen LogP contribution in [0.25, 0.3) is 0 Å². The molecule has 1 aliphatic heterocycles. The average Bonchev–Trinajstić information content (AvgIpc) is 2.64. The van der Waals surface area contributed by atoms with Crippen LogP contribution in [0.2, 0.25) is 0 Å². The van der Waals surface area contributed by atoms with Crippen molar-refractivity contribution in [3.63, 3.8) is 0 Å². The van der Waals surface area contributed by atoms with E-state index in [1.54, 1.807) is 17.0 Å². The number of carbonyl (C=O) groups is 2. The van der Waals surface area contributed by atoms with E-state index in [0.29, 0.717) is 51.4 Å². The average molecular weight is 351 g/mol. The molecule has 7 heteroatoms. The van der Waals surface area contributed by atoms with Gasteiger partial charge < -0.3 is 20.7 Å². The van der Waals surface area contributed by atoms with Gasteiger partial charge in [0.15, 0.2) is 0 Å². The van der Waals surface area contributed by atoms with Gasteiger partial charge in [0.2, 0.25) is 11.8 Å². The van der Waals surface area contributed by atoms with Crippen LogP contribution in [0, 0.1) is 11.7 Å². The molecule has 1 atom stereocenters. The van der Waals surface area contributed by atoms with E-state index in [-0.39, 0.29) is 23.5 Å². The lowest BCUT2D eigenvalue weighted by molar-refractivity contribution is -0.135. The molecule has 0 saturated carbocycles. The summed E-state index contributed by atoms with van der Waals surface area (Å²) in [6, 6.07) is 5.80. The quantitative estimate of drug-likeness (QED) is 0.692. The van der Waals surface area contributed by atoms with Crippen molar-refractivity contribution in [1.82, 2.24) is 10.2 Å². The van der Waals surface area contributed by atoms with Crippen LogP contribution in [0.3, 0.4) is 0 Å². The van der Waals surface area contributed by atoms with Crippen LogP contribution in [-0.4, -0.2) is 49.5 Å². The zero-order valence-corrected chi connectivity index (χ0v) is 14.4. The highest BCUT2D eigenvalue weighted by Gasteiger charge is 2.27. The Bertz CT molecular complexity index is 565. The fraction of sp³-hybridized carbons (Fsp3) is 0.556. The molecule has 1 heterocycles. The van der Waals surface area contributed by atoms with Crippen LogP contribution in [0.1, 0.15) is 25.7 Å². The first-order chi connectivity index (χ1) is 12.1. The number of halogens is 1. The van der Waals surface area contributed by atoms with Crippen molar-refractivity contribution in [1.29, 1.82) is 0 Å². The normalized spacial score (nSPS) is 17.2. The predicted octanol–water partition coefficient (Wildman–Crippen LogP) is 1.30. The van der Waals surface area contributed by atoms with Gasteiger partial charge >= 0.3 is 0 Å². The van der Waals surface area contributed by atoms with Crippen LogP contribution < -0.4 is 15.8 Å². The van der Waals surface area contributed by atoms with Gasteiger partial charge in [-0.3, -0.25) is 9.59 Å². The van der Waals surface area contributed by atoms with Gasteiger partial charge in [0.25, 0.3) is 0 Å². The van der Waals surface area contributed by atoms with E-state index in [0.717, 1.165) is 12.8 Å². The summed E-state index contributed by atoms with van der Waals surface area (Å²) in [6.07, 6.45) is 2.58. The lowest BCUT2D eigenvalue weighted by Crippen LogP contribution is -2.46. The largest absolute Gasteiger partial charge is 0.494 e. The smallest absolute Gasteiger partial charge is 0.224 e. The number of nitrogens with zero attached hydrogens (tertiary/aromatic N) is 1. The second kappa shape index (κ2) is 9.98. The second-order valence-electron chi connectivity index (χ2n) is 6.16. The molecule has 0 spiro atoms. The van der Waals surface area contributed by atoms with Crippen molar-refractivity contribution in [2.45, 2.75) is 25.7 Å². The number of benzene rings is 1. The number of nitrogens with one attached hydrogen (secondary N) is 1. The zero-order valence-electron chi connectivity index (χ0n) is 14.4. The first kappa shape index (κ1) is 19.2. The van der Waals surface area contributed by atoms with Gasteiger partial charge in [-0.1, -0.05) is 0 Å². The minimum Gasteiger partial charge on any atom is -0.494 e. The van der Waals surface area contributed by atoms with Crippen LogP contribution in [0.15, 0.2) is 24.3 Å². The van der Waals surface area contributed by atoms with Crippen molar-refractivity contribution in [3.8, 4) is 5.75 Å². The topological polar surface area (TPSA) is 84.7 Å². The molecule has 0 aliphatic carbocycles. The van der Waals surface area contributed by atoms with Crippen molar-refractivity contribution >= 4 is 11.8 Å². The molecule has 1 aromatic rings. The Morgan fingerprint density at radius 1 is 1.32 bits per heavy atom. The molecule has 1 aliphatic rings. The fourth-order valence-corrected chi connectivity index (χ4v) is 2.86. The number of carbonyl (C=O) groups excluding carboxylic acids is 2. The van der Waals surface area contributed by atoms with Gasteiger partial charge in [-0.25, -0.2) is 4.39 Å². The van der Waals surface area contributed by atoms with Crippen molar-refractivity contribution in [2.75, 3.05) is 32.8 Å². The van der Waals surface area contributed by atoms with Crippen molar-refractivity contribution in [2.24, 2.45) is 11.7 Å². The zero-order chi connectivity index (χ0) is 18.1. The summed E-state index contributed by atoms with van der Waals surface area (Å²) < 4.78 is 18.3. The maximum absolute atomic E-state index is 12.8. The molecule has 2 rings (SSSR count). The third-order valence-corrected chi connectivity index (χ3v) is 4.21. The number of likely N-dealkylation sites (tertiary alicyclic amines) is 1. The van der Waals surface area contributed by atoms with Gasteiger partial charge in [-0.2, -0.15) is 0 Å². The highest BCUT2D eigenvalue weighted by molar-refractivity contribution is 5.81. The molecule has 6 nitrogen and oxygen atoms in total. The fourth-order valence-electron chi connectivity index (χ4n) is 2.86. The Hall–Kier alpha value is -2.15. The van der Waals surface area contributed by atoms with Crippen LogP contribution in [0.4, 0.5) is 4.39 Å². The van der Waals surface area contributed by atoms with E-state index < -0.39 is 0 Å². The summed E-state index contributed by atoms with van der Waals surface area (Å²) in [5.74, 6) is 0.141. The Morgan fingerprint density at radius 2 is 2.08 bits per heavy atom. The Morgan fingerprint density at radius 3 is 2.80 bits per heavy atom. The van der Waals surface area contributed by atoms with Crippen LogP contribution in [0.5, 0.6) is 5.75 Å². The lowest BCUT2D eigenvalue weighted by Gasteiger charge is -2.32. The summed E-state index contributed by atoms with van der Waals surface area (Å²) in [5, 5.41) is 2.79. The predicted molar refractivity (Wildman–Crippen MR) is 92.5 cm³/mol. The summed E-state index contributed by atoms with van der Waals surface area (Å²) in [6.45, 7) is 2.43. The van der Waals surface area contributed by atoms with Gasteiger partial charge in [0.05, 0.1) is 12.5 Å². The maximum atomic E-state index is 12.8. The molecule has 2 amide bonds. The highest BCUT2D eigenvalue weighted by atomic mass is 19.1. The van der Waals surface area contributed by atoms with Gasteiger partial charge in [-0.15, -0.1) is 0 Å². The van der Waals surface area contributed by atoms with E-state index in [4.69, 9.17) is 10.5 Å². The summed E-state index contributed by atoms with van der Waals surface area (Å²) in [5.41, 5.74) is 5.39. The molecule has 138 valence electrons.